The van der Waals surface area contributed by atoms with Crippen LogP contribution in [0.1, 0.15) is 48.5 Å². The summed E-state index contributed by atoms with van der Waals surface area (Å²) in [4.78, 5) is 15.0. The SMILES string of the molecule is COc1cc(C(=O)N2CCCC2)c(Oc2c(Br)cccc2Br)cc1C(C)C. The summed E-state index contributed by atoms with van der Waals surface area (Å²) >= 11 is 7.07. The molecule has 0 atom stereocenters. The fourth-order valence-corrected chi connectivity index (χ4v) is 4.40. The summed E-state index contributed by atoms with van der Waals surface area (Å²) in [5, 5.41) is 0. The normalized spacial score (nSPS) is 13.9. The number of amides is 1. The lowest BCUT2D eigenvalue weighted by molar-refractivity contribution is 0.0789. The molecule has 1 aliphatic rings. The Morgan fingerprint density at radius 1 is 1.07 bits per heavy atom. The third-order valence-electron chi connectivity index (χ3n) is 4.71. The second-order valence-corrected chi connectivity index (χ2v) is 8.61. The Bertz CT molecular complexity index is 825. The van der Waals surface area contributed by atoms with Gasteiger partial charge in [-0.3, -0.25) is 4.79 Å². The van der Waals surface area contributed by atoms with Crippen LogP contribution < -0.4 is 9.47 Å². The van der Waals surface area contributed by atoms with E-state index in [1.807, 2.05) is 35.2 Å². The molecule has 0 saturated carbocycles. The van der Waals surface area contributed by atoms with Gasteiger partial charge in [-0.1, -0.05) is 19.9 Å². The molecule has 6 heteroatoms. The highest BCUT2D eigenvalue weighted by Gasteiger charge is 2.26. The number of benzene rings is 2. The third-order valence-corrected chi connectivity index (χ3v) is 5.96. The molecule has 2 aromatic rings. The predicted octanol–water partition coefficient (Wildman–Crippen LogP) is 6.37. The molecule has 144 valence electrons. The highest BCUT2D eigenvalue weighted by Crippen LogP contribution is 2.41. The lowest BCUT2D eigenvalue weighted by atomic mass is 9.98. The molecule has 3 rings (SSSR count). The monoisotopic (exact) mass is 495 g/mol. The van der Waals surface area contributed by atoms with Crippen molar-refractivity contribution in [3.05, 3.63) is 50.4 Å². The Labute approximate surface area is 177 Å². The first-order valence-corrected chi connectivity index (χ1v) is 10.6. The first-order valence-electron chi connectivity index (χ1n) is 9.05. The van der Waals surface area contributed by atoms with Gasteiger partial charge in [0.2, 0.25) is 0 Å². The summed E-state index contributed by atoms with van der Waals surface area (Å²) in [7, 11) is 1.64. The molecule has 0 unspecified atom stereocenters. The van der Waals surface area contributed by atoms with Gasteiger partial charge in [-0.2, -0.15) is 0 Å². The number of nitrogens with zero attached hydrogens (tertiary/aromatic N) is 1. The van der Waals surface area contributed by atoms with E-state index in [1.54, 1.807) is 7.11 Å². The minimum absolute atomic E-state index is 0.0146. The molecule has 0 bridgehead atoms. The van der Waals surface area contributed by atoms with Crippen LogP contribution in [0.3, 0.4) is 0 Å². The Morgan fingerprint density at radius 2 is 1.70 bits per heavy atom. The molecule has 0 aromatic heterocycles. The van der Waals surface area contributed by atoms with Crippen molar-refractivity contribution in [3.63, 3.8) is 0 Å². The standard InChI is InChI=1S/C21H23Br2NO3/c1-13(2)14-11-19(27-20-16(22)7-6-8-17(20)23)15(12-18(14)26-3)21(25)24-9-4-5-10-24/h6-8,11-13H,4-5,9-10H2,1-3H3. The smallest absolute Gasteiger partial charge is 0.257 e. The fourth-order valence-electron chi connectivity index (χ4n) is 3.24. The molecule has 0 radical (unpaired) electrons. The van der Waals surface area contributed by atoms with Crippen molar-refractivity contribution in [1.82, 2.24) is 4.90 Å². The average molecular weight is 497 g/mol. The molecule has 1 fully saturated rings. The van der Waals surface area contributed by atoms with E-state index >= 15 is 0 Å². The van der Waals surface area contributed by atoms with E-state index in [1.165, 1.54) is 0 Å². The van der Waals surface area contributed by atoms with Crippen LogP contribution in [0.15, 0.2) is 39.3 Å². The van der Waals surface area contributed by atoms with Gasteiger partial charge in [0.25, 0.3) is 5.91 Å². The van der Waals surface area contributed by atoms with Gasteiger partial charge in [0, 0.05) is 18.7 Å². The maximum atomic E-state index is 13.1. The Hall–Kier alpha value is -1.53. The quantitative estimate of drug-likeness (QED) is 0.482. The lowest BCUT2D eigenvalue weighted by Gasteiger charge is -2.21. The molecule has 0 aliphatic carbocycles. The summed E-state index contributed by atoms with van der Waals surface area (Å²) in [6, 6.07) is 9.49. The predicted molar refractivity (Wildman–Crippen MR) is 114 cm³/mol. The van der Waals surface area contributed by atoms with Gasteiger partial charge >= 0.3 is 0 Å². The zero-order valence-electron chi connectivity index (χ0n) is 15.7. The zero-order valence-corrected chi connectivity index (χ0v) is 18.9. The van der Waals surface area contributed by atoms with Crippen molar-refractivity contribution in [2.75, 3.05) is 20.2 Å². The number of hydrogen-bond acceptors (Lipinski definition) is 3. The average Bonchev–Trinajstić information content (AvgIpc) is 3.18. The summed E-state index contributed by atoms with van der Waals surface area (Å²) in [5.41, 5.74) is 1.54. The summed E-state index contributed by atoms with van der Waals surface area (Å²) < 4.78 is 13.4. The van der Waals surface area contributed by atoms with Gasteiger partial charge in [-0.15, -0.1) is 0 Å². The lowest BCUT2D eigenvalue weighted by Crippen LogP contribution is -2.28. The highest BCUT2D eigenvalue weighted by atomic mass is 79.9. The Morgan fingerprint density at radius 3 is 2.26 bits per heavy atom. The van der Waals surface area contributed by atoms with Crippen LogP contribution in [0.5, 0.6) is 17.2 Å². The number of halogens is 2. The van der Waals surface area contributed by atoms with Gasteiger partial charge in [0.1, 0.15) is 11.5 Å². The number of likely N-dealkylation sites (tertiary alicyclic amines) is 1. The van der Waals surface area contributed by atoms with Gasteiger partial charge in [0.15, 0.2) is 5.75 Å². The summed E-state index contributed by atoms with van der Waals surface area (Å²) in [5.74, 6) is 2.13. The van der Waals surface area contributed by atoms with Crippen molar-refractivity contribution in [2.24, 2.45) is 0 Å². The largest absolute Gasteiger partial charge is 0.496 e. The number of hydrogen-bond donors (Lipinski definition) is 0. The second kappa shape index (κ2) is 8.65. The maximum Gasteiger partial charge on any atom is 0.257 e. The van der Waals surface area contributed by atoms with E-state index in [9.17, 15) is 4.79 Å². The molecule has 2 aromatic carbocycles. The summed E-state index contributed by atoms with van der Waals surface area (Å²) in [6.07, 6.45) is 2.08. The van der Waals surface area contributed by atoms with Crippen molar-refractivity contribution >= 4 is 37.8 Å². The van der Waals surface area contributed by atoms with Gasteiger partial charge in [0.05, 0.1) is 21.6 Å². The molecule has 0 N–H and O–H groups in total. The van der Waals surface area contributed by atoms with E-state index in [2.05, 4.69) is 45.7 Å². The minimum Gasteiger partial charge on any atom is -0.496 e. The van der Waals surface area contributed by atoms with Crippen molar-refractivity contribution < 1.29 is 14.3 Å². The number of carbonyl (C=O) groups excluding carboxylic acids is 1. The van der Waals surface area contributed by atoms with Crippen LogP contribution in [0.2, 0.25) is 0 Å². The second-order valence-electron chi connectivity index (χ2n) is 6.90. The van der Waals surface area contributed by atoms with Crippen molar-refractivity contribution in [2.45, 2.75) is 32.6 Å². The Balaban J connectivity index is 2.11. The molecule has 1 amide bonds. The number of rotatable bonds is 5. The van der Waals surface area contributed by atoms with E-state index in [4.69, 9.17) is 9.47 Å². The molecular formula is C21H23Br2NO3. The van der Waals surface area contributed by atoms with Crippen LogP contribution in [-0.4, -0.2) is 31.0 Å². The topological polar surface area (TPSA) is 38.8 Å². The first-order chi connectivity index (χ1) is 12.9. The van der Waals surface area contributed by atoms with Gasteiger partial charge in [-0.05, 0) is 74.9 Å². The van der Waals surface area contributed by atoms with Crippen LogP contribution in [-0.2, 0) is 0 Å². The van der Waals surface area contributed by atoms with E-state index in [-0.39, 0.29) is 11.8 Å². The van der Waals surface area contributed by atoms with Gasteiger partial charge < -0.3 is 14.4 Å². The highest BCUT2D eigenvalue weighted by molar-refractivity contribution is 9.11. The zero-order chi connectivity index (χ0) is 19.6. The minimum atomic E-state index is -0.0146. The summed E-state index contributed by atoms with van der Waals surface area (Å²) in [6.45, 7) is 5.76. The fraction of sp³-hybridized carbons (Fsp3) is 0.381. The van der Waals surface area contributed by atoms with Crippen LogP contribution >= 0.6 is 31.9 Å². The van der Waals surface area contributed by atoms with E-state index < -0.39 is 0 Å². The number of methoxy groups -OCH3 is 1. The van der Waals surface area contributed by atoms with Crippen LogP contribution in [0.4, 0.5) is 0 Å². The molecule has 1 saturated heterocycles. The first kappa shape index (κ1) is 20.2. The van der Waals surface area contributed by atoms with E-state index in [0.717, 1.165) is 40.4 Å². The van der Waals surface area contributed by atoms with Crippen LogP contribution in [0.25, 0.3) is 0 Å². The molecule has 0 spiro atoms. The molecule has 1 aliphatic heterocycles. The number of ether oxygens (including phenoxy) is 2. The molecule has 27 heavy (non-hydrogen) atoms. The maximum absolute atomic E-state index is 13.1. The molecular weight excluding hydrogens is 474 g/mol. The molecule has 4 nitrogen and oxygen atoms in total. The third kappa shape index (κ3) is 4.32. The van der Waals surface area contributed by atoms with Crippen LogP contribution in [0, 0.1) is 0 Å². The van der Waals surface area contributed by atoms with E-state index in [0.29, 0.717) is 22.8 Å². The van der Waals surface area contributed by atoms with Crippen molar-refractivity contribution in [3.8, 4) is 17.2 Å². The van der Waals surface area contributed by atoms with Crippen molar-refractivity contribution in [1.29, 1.82) is 0 Å². The molecule has 1 heterocycles. The van der Waals surface area contributed by atoms with Gasteiger partial charge in [-0.25, -0.2) is 0 Å². The number of carbonyl (C=O) groups is 1. The Kier molecular flexibility index (Phi) is 6.48. The number of para-hydroxylation sites is 1.